The number of benzene rings is 1. The van der Waals surface area contributed by atoms with Gasteiger partial charge in [-0.25, -0.2) is 9.48 Å². The lowest BCUT2D eigenvalue weighted by molar-refractivity contribution is -0.123. The second-order valence-electron chi connectivity index (χ2n) is 5.56. The standard InChI is InChI=1S/C18H16N4O4S/c1-11(16(24)21-17-14(15(19)23)7-10-27-17)26-18(25)12-3-5-13(6-4-12)22-9-2-8-20-22/h2-11H,1H3,(H2,19,23)(H,21,24)/t11-/m0/s1. The zero-order valence-electron chi connectivity index (χ0n) is 14.3. The number of amides is 2. The van der Waals surface area contributed by atoms with Crippen LogP contribution in [0.2, 0.25) is 0 Å². The van der Waals surface area contributed by atoms with Crippen molar-refractivity contribution in [3.63, 3.8) is 0 Å². The molecule has 3 aromatic rings. The first-order valence-electron chi connectivity index (χ1n) is 7.95. The number of nitrogens with two attached hydrogens (primary N) is 1. The Labute approximate surface area is 158 Å². The van der Waals surface area contributed by atoms with Crippen molar-refractivity contribution in [1.82, 2.24) is 9.78 Å². The van der Waals surface area contributed by atoms with Gasteiger partial charge in [0.05, 0.1) is 16.8 Å². The molecule has 0 radical (unpaired) electrons. The summed E-state index contributed by atoms with van der Waals surface area (Å²) in [5.74, 6) is -1.83. The molecule has 0 aliphatic carbocycles. The maximum Gasteiger partial charge on any atom is 0.338 e. The molecular weight excluding hydrogens is 368 g/mol. The smallest absolute Gasteiger partial charge is 0.338 e. The zero-order chi connectivity index (χ0) is 19.4. The molecule has 9 heteroatoms. The fourth-order valence-corrected chi connectivity index (χ4v) is 3.06. The Bertz CT molecular complexity index is 964. The lowest BCUT2D eigenvalue weighted by Gasteiger charge is -2.13. The van der Waals surface area contributed by atoms with Crippen LogP contribution in [0.15, 0.2) is 54.2 Å². The highest BCUT2D eigenvalue weighted by Gasteiger charge is 2.21. The van der Waals surface area contributed by atoms with Crippen molar-refractivity contribution in [2.45, 2.75) is 13.0 Å². The van der Waals surface area contributed by atoms with Gasteiger partial charge < -0.3 is 15.8 Å². The Morgan fingerprint density at radius 1 is 1.22 bits per heavy atom. The highest BCUT2D eigenvalue weighted by Crippen LogP contribution is 2.23. The molecule has 138 valence electrons. The molecule has 3 rings (SSSR count). The molecule has 0 bridgehead atoms. The largest absolute Gasteiger partial charge is 0.449 e. The minimum atomic E-state index is -1.05. The van der Waals surface area contributed by atoms with E-state index in [9.17, 15) is 14.4 Å². The number of hydrogen-bond donors (Lipinski definition) is 2. The van der Waals surface area contributed by atoms with Crippen LogP contribution in [-0.2, 0) is 9.53 Å². The molecule has 1 atom stereocenters. The van der Waals surface area contributed by atoms with E-state index in [4.69, 9.17) is 10.5 Å². The Hall–Kier alpha value is -3.46. The molecule has 0 aliphatic rings. The van der Waals surface area contributed by atoms with Crippen LogP contribution in [0.4, 0.5) is 5.00 Å². The number of hydrogen-bond acceptors (Lipinski definition) is 6. The van der Waals surface area contributed by atoms with Gasteiger partial charge in [0.15, 0.2) is 6.10 Å². The maximum atomic E-state index is 12.2. The lowest BCUT2D eigenvalue weighted by atomic mass is 10.2. The van der Waals surface area contributed by atoms with Gasteiger partial charge in [0, 0.05) is 12.4 Å². The van der Waals surface area contributed by atoms with Crippen LogP contribution < -0.4 is 11.1 Å². The summed E-state index contributed by atoms with van der Waals surface area (Å²) in [6.07, 6.45) is 2.38. The van der Waals surface area contributed by atoms with Gasteiger partial charge in [-0.2, -0.15) is 5.10 Å². The summed E-state index contributed by atoms with van der Waals surface area (Å²) in [5, 5.41) is 8.60. The fraction of sp³-hybridized carbons (Fsp3) is 0.111. The van der Waals surface area contributed by atoms with Gasteiger partial charge >= 0.3 is 5.97 Å². The molecule has 3 N–H and O–H groups in total. The first kappa shape index (κ1) is 18.3. The minimum absolute atomic E-state index is 0.209. The third-order valence-corrected chi connectivity index (χ3v) is 4.52. The van der Waals surface area contributed by atoms with Crippen LogP contribution >= 0.6 is 11.3 Å². The van der Waals surface area contributed by atoms with E-state index in [1.165, 1.54) is 13.0 Å². The average Bonchev–Trinajstić information content (AvgIpc) is 3.33. The van der Waals surface area contributed by atoms with Crippen LogP contribution in [0.3, 0.4) is 0 Å². The number of anilines is 1. The lowest BCUT2D eigenvalue weighted by Crippen LogP contribution is -2.30. The summed E-state index contributed by atoms with van der Waals surface area (Å²) >= 11 is 1.16. The number of primary amides is 1. The molecule has 2 aromatic heterocycles. The number of nitrogens with zero attached hydrogens (tertiary/aromatic N) is 2. The number of carbonyl (C=O) groups is 3. The van der Waals surface area contributed by atoms with Gasteiger partial charge in [-0.15, -0.1) is 11.3 Å². The van der Waals surface area contributed by atoms with Gasteiger partial charge in [0.2, 0.25) is 0 Å². The zero-order valence-corrected chi connectivity index (χ0v) is 15.1. The predicted octanol–water partition coefficient (Wildman–Crippen LogP) is 2.22. The van der Waals surface area contributed by atoms with Crippen LogP contribution in [0.5, 0.6) is 0 Å². The van der Waals surface area contributed by atoms with Crippen molar-refractivity contribution >= 4 is 34.1 Å². The molecule has 0 saturated carbocycles. The minimum Gasteiger partial charge on any atom is -0.449 e. The summed E-state index contributed by atoms with van der Waals surface area (Å²) in [5.41, 5.74) is 6.54. The van der Waals surface area contributed by atoms with E-state index in [0.717, 1.165) is 17.0 Å². The molecule has 27 heavy (non-hydrogen) atoms. The number of nitrogens with one attached hydrogen (secondary N) is 1. The van der Waals surface area contributed by atoms with Crippen molar-refractivity contribution < 1.29 is 19.1 Å². The third kappa shape index (κ3) is 4.21. The molecule has 0 saturated heterocycles. The maximum absolute atomic E-state index is 12.2. The number of aromatic nitrogens is 2. The van der Waals surface area contributed by atoms with Crippen molar-refractivity contribution in [3.05, 3.63) is 65.3 Å². The van der Waals surface area contributed by atoms with Gasteiger partial charge in [0.1, 0.15) is 5.00 Å². The van der Waals surface area contributed by atoms with Gasteiger partial charge in [-0.3, -0.25) is 9.59 Å². The van der Waals surface area contributed by atoms with E-state index < -0.39 is 23.9 Å². The van der Waals surface area contributed by atoms with Crippen LogP contribution in [0, 0.1) is 0 Å². The first-order chi connectivity index (χ1) is 13.0. The monoisotopic (exact) mass is 384 g/mol. The molecule has 0 aliphatic heterocycles. The molecule has 1 aromatic carbocycles. The van der Waals surface area contributed by atoms with E-state index >= 15 is 0 Å². The van der Waals surface area contributed by atoms with Gasteiger partial charge in [0.25, 0.3) is 11.8 Å². The fourth-order valence-electron chi connectivity index (χ4n) is 2.27. The summed E-state index contributed by atoms with van der Waals surface area (Å²) in [4.78, 5) is 35.8. The summed E-state index contributed by atoms with van der Waals surface area (Å²) in [6, 6.07) is 9.93. The van der Waals surface area contributed by atoms with Gasteiger partial charge in [-0.1, -0.05) is 0 Å². The number of ether oxygens (including phenoxy) is 1. The Morgan fingerprint density at radius 3 is 2.59 bits per heavy atom. The molecule has 8 nitrogen and oxygen atoms in total. The number of carbonyl (C=O) groups excluding carboxylic acids is 3. The Morgan fingerprint density at radius 2 is 1.96 bits per heavy atom. The average molecular weight is 384 g/mol. The van der Waals surface area contributed by atoms with Gasteiger partial charge in [-0.05, 0) is 48.7 Å². The molecule has 0 fully saturated rings. The van der Waals surface area contributed by atoms with Crippen molar-refractivity contribution in [2.75, 3.05) is 5.32 Å². The van der Waals surface area contributed by atoms with Crippen LogP contribution in [0.1, 0.15) is 27.6 Å². The highest BCUT2D eigenvalue weighted by molar-refractivity contribution is 7.14. The topological polar surface area (TPSA) is 116 Å². The van der Waals surface area contributed by atoms with E-state index in [1.54, 1.807) is 52.8 Å². The van der Waals surface area contributed by atoms with Crippen molar-refractivity contribution in [1.29, 1.82) is 0 Å². The van der Waals surface area contributed by atoms with Crippen LogP contribution in [-0.4, -0.2) is 33.7 Å². The summed E-state index contributed by atoms with van der Waals surface area (Å²) < 4.78 is 6.85. The molecule has 2 amide bonds. The van der Waals surface area contributed by atoms with Crippen molar-refractivity contribution in [3.8, 4) is 5.69 Å². The van der Waals surface area contributed by atoms with E-state index in [-0.39, 0.29) is 5.56 Å². The Kier molecular flexibility index (Phi) is 5.32. The Balaban J connectivity index is 1.62. The normalized spacial score (nSPS) is 11.6. The number of thiophene rings is 1. The van der Waals surface area contributed by atoms with Crippen molar-refractivity contribution in [2.24, 2.45) is 5.73 Å². The second kappa shape index (κ2) is 7.83. The number of esters is 1. The second-order valence-corrected chi connectivity index (χ2v) is 6.48. The molecule has 2 heterocycles. The quantitative estimate of drug-likeness (QED) is 0.632. The highest BCUT2D eigenvalue weighted by atomic mass is 32.1. The van der Waals surface area contributed by atoms with E-state index in [1.807, 2.05) is 0 Å². The number of rotatable bonds is 6. The SMILES string of the molecule is C[C@H](OC(=O)c1ccc(-n2cccn2)cc1)C(=O)Nc1sccc1C(N)=O. The molecule has 0 spiro atoms. The summed E-state index contributed by atoms with van der Waals surface area (Å²) in [7, 11) is 0. The summed E-state index contributed by atoms with van der Waals surface area (Å²) in [6.45, 7) is 1.45. The van der Waals surface area contributed by atoms with E-state index in [2.05, 4.69) is 10.4 Å². The van der Waals surface area contributed by atoms with Crippen LogP contribution in [0.25, 0.3) is 5.69 Å². The predicted molar refractivity (Wildman–Crippen MR) is 99.9 cm³/mol. The first-order valence-corrected chi connectivity index (χ1v) is 8.83. The third-order valence-electron chi connectivity index (χ3n) is 3.69. The molecular formula is C18H16N4O4S. The molecule has 0 unspecified atom stereocenters. The van der Waals surface area contributed by atoms with E-state index in [0.29, 0.717) is 10.6 Å².